The molecular formula is C9H6BrFN2O2. The first-order chi connectivity index (χ1) is 7.08. The van der Waals surface area contributed by atoms with Crippen LogP contribution in [0.4, 0.5) is 4.39 Å². The summed E-state index contributed by atoms with van der Waals surface area (Å²) in [6.07, 6.45) is -0.949. The van der Waals surface area contributed by atoms with Crippen LogP contribution in [0.3, 0.4) is 0 Å². The molecule has 1 aliphatic rings. The summed E-state index contributed by atoms with van der Waals surface area (Å²) >= 11 is 3.20. The maximum atomic E-state index is 13.0. The van der Waals surface area contributed by atoms with Gasteiger partial charge in [0.1, 0.15) is 5.82 Å². The third-order valence-corrected chi connectivity index (χ3v) is 2.65. The van der Waals surface area contributed by atoms with Gasteiger partial charge in [-0.15, -0.1) is 0 Å². The van der Waals surface area contributed by atoms with Crippen LogP contribution in [-0.4, -0.2) is 11.9 Å². The minimum atomic E-state index is -0.949. The van der Waals surface area contributed by atoms with E-state index in [1.165, 1.54) is 18.2 Å². The Morgan fingerprint density at radius 1 is 1.53 bits per heavy atom. The number of carbonyl (C=O) groups excluding carboxylic acids is 1. The molecule has 1 aliphatic heterocycles. The lowest BCUT2D eigenvalue weighted by Crippen LogP contribution is -2.14. The number of ether oxygens (including phenoxy) is 1. The highest BCUT2D eigenvalue weighted by molar-refractivity contribution is 9.10. The zero-order chi connectivity index (χ0) is 11.0. The average molecular weight is 273 g/mol. The van der Waals surface area contributed by atoms with Crippen molar-refractivity contribution in [2.24, 2.45) is 10.7 Å². The zero-order valence-corrected chi connectivity index (χ0v) is 8.99. The average Bonchev–Trinajstić information content (AvgIpc) is 2.50. The molecule has 1 aromatic carbocycles. The van der Waals surface area contributed by atoms with Crippen LogP contribution in [0.5, 0.6) is 0 Å². The van der Waals surface area contributed by atoms with Gasteiger partial charge in [-0.1, -0.05) is 15.9 Å². The molecule has 2 rings (SSSR count). The van der Waals surface area contributed by atoms with Crippen molar-refractivity contribution < 1.29 is 13.9 Å². The summed E-state index contributed by atoms with van der Waals surface area (Å²) in [5.41, 5.74) is 5.62. The minimum absolute atomic E-state index is 0.193. The van der Waals surface area contributed by atoms with Gasteiger partial charge in [-0.2, -0.15) is 4.99 Å². The van der Waals surface area contributed by atoms with Crippen LogP contribution in [0.1, 0.15) is 11.7 Å². The summed E-state index contributed by atoms with van der Waals surface area (Å²) < 4.78 is 18.5. The predicted octanol–water partition coefficient (Wildman–Crippen LogP) is 1.50. The molecule has 4 nitrogen and oxygen atoms in total. The van der Waals surface area contributed by atoms with Gasteiger partial charge in [0.15, 0.2) is 0 Å². The fourth-order valence-electron chi connectivity index (χ4n) is 1.28. The van der Waals surface area contributed by atoms with Crippen molar-refractivity contribution in [1.29, 1.82) is 0 Å². The number of benzene rings is 1. The van der Waals surface area contributed by atoms with Crippen LogP contribution >= 0.6 is 15.9 Å². The molecule has 15 heavy (non-hydrogen) atoms. The van der Waals surface area contributed by atoms with E-state index < -0.39 is 17.8 Å². The summed E-state index contributed by atoms with van der Waals surface area (Å²) in [4.78, 5) is 14.7. The van der Waals surface area contributed by atoms with Crippen LogP contribution in [0.25, 0.3) is 0 Å². The van der Waals surface area contributed by atoms with Gasteiger partial charge in [-0.25, -0.2) is 4.39 Å². The first-order valence-corrected chi connectivity index (χ1v) is 4.87. The molecule has 1 aromatic rings. The summed E-state index contributed by atoms with van der Waals surface area (Å²) in [7, 11) is 0. The van der Waals surface area contributed by atoms with E-state index in [1.54, 1.807) is 0 Å². The van der Waals surface area contributed by atoms with E-state index in [0.29, 0.717) is 10.0 Å². The molecule has 1 unspecified atom stereocenters. The van der Waals surface area contributed by atoms with Crippen LogP contribution in [-0.2, 0) is 9.53 Å². The number of amides is 1. The van der Waals surface area contributed by atoms with Crippen molar-refractivity contribution in [3.05, 3.63) is 34.1 Å². The molecule has 0 saturated carbocycles. The molecule has 1 heterocycles. The van der Waals surface area contributed by atoms with Crippen LogP contribution < -0.4 is 5.73 Å². The summed E-state index contributed by atoms with van der Waals surface area (Å²) in [6, 6.07) is 3.79. The van der Waals surface area contributed by atoms with Gasteiger partial charge >= 0.3 is 0 Å². The SMILES string of the molecule is NC1=NC(=O)C(c2cc(F)ccc2Br)O1. The molecule has 78 valence electrons. The Balaban J connectivity index is 2.39. The third kappa shape index (κ3) is 1.85. The highest BCUT2D eigenvalue weighted by atomic mass is 79.9. The fourth-order valence-corrected chi connectivity index (χ4v) is 1.73. The minimum Gasteiger partial charge on any atom is -0.447 e. The molecule has 1 amide bonds. The second kappa shape index (κ2) is 3.62. The van der Waals surface area contributed by atoms with E-state index >= 15 is 0 Å². The first-order valence-electron chi connectivity index (χ1n) is 4.07. The fraction of sp³-hybridized carbons (Fsp3) is 0.111. The number of nitrogens with zero attached hydrogens (tertiary/aromatic N) is 1. The second-order valence-corrected chi connectivity index (χ2v) is 3.81. The van der Waals surface area contributed by atoms with Crippen molar-refractivity contribution in [3.8, 4) is 0 Å². The number of carbonyl (C=O) groups is 1. The van der Waals surface area contributed by atoms with Gasteiger partial charge in [0.2, 0.25) is 6.10 Å². The normalized spacial score (nSPS) is 20.0. The Kier molecular flexibility index (Phi) is 2.44. The lowest BCUT2D eigenvalue weighted by molar-refractivity contribution is -0.122. The van der Waals surface area contributed by atoms with Crippen molar-refractivity contribution >= 4 is 27.9 Å². The largest absolute Gasteiger partial charge is 0.447 e. The van der Waals surface area contributed by atoms with Crippen LogP contribution in [0.2, 0.25) is 0 Å². The summed E-state index contributed by atoms with van der Waals surface area (Å²) in [5.74, 6) is -0.978. The molecule has 6 heteroatoms. The molecular weight excluding hydrogens is 267 g/mol. The quantitative estimate of drug-likeness (QED) is 0.843. The van der Waals surface area contributed by atoms with E-state index in [1.807, 2.05) is 0 Å². The van der Waals surface area contributed by atoms with Crippen LogP contribution in [0.15, 0.2) is 27.7 Å². The highest BCUT2D eigenvalue weighted by Crippen LogP contribution is 2.30. The lowest BCUT2D eigenvalue weighted by atomic mass is 10.1. The van der Waals surface area contributed by atoms with Crippen molar-refractivity contribution in [1.82, 2.24) is 0 Å². The number of rotatable bonds is 1. The van der Waals surface area contributed by atoms with Gasteiger partial charge in [0, 0.05) is 10.0 Å². The van der Waals surface area contributed by atoms with E-state index in [0.717, 1.165) is 0 Å². The molecule has 0 bridgehead atoms. The molecule has 2 N–H and O–H groups in total. The number of nitrogens with two attached hydrogens (primary N) is 1. The number of hydrogen-bond acceptors (Lipinski definition) is 3. The third-order valence-electron chi connectivity index (χ3n) is 1.92. The Bertz CT molecular complexity index is 461. The predicted molar refractivity (Wildman–Crippen MR) is 54.6 cm³/mol. The van der Waals surface area contributed by atoms with Crippen molar-refractivity contribution in [2.75, 3.05) is 0 Å². The Hall–Kier alpha value is -1.43. The number of hydrogen-bond donors (Lipinski definition) is 1. The summed E-state index contributed by atoms with van der Waals surface area (Å²) in [5, 5.41) is 0. The molecule has 0 spiro atoms. The second-order valence-electron chi connectivity index (χ2n) is 2.95. The van der Waals surface area contributed by atoms with E-state index in [2.05, 4.69) is 20.9 Å². The first kappa shape index (κ1) is 10.1. The highest BCUT2D eigenvalue weighted by Gasteiger charge is 2.31. The molecule has 1 atom stereocenters. The van der Waals surface area contributed by atoms with Gasteiger partial charge < -0.3 is 10.5 Å². The molecule has 0 aromatic heterocycles. The van der Waals surface area contributed by atoms with Crippen molar-refractivity contribution in [2.45, 2.75) is 6.10 Å². The standard InChI is InChI=1S/C9H6BrFN2O2/c10-6-2-1-4(11)3-5(6)7-8(14)13-9(12)15-7/h1-3,7H,(H2,12,13,14). The van der Waals surface area contributed by atoms with Gasteiger partial charge in [-0.3, -0.25) is 4.79 Å². The van der Waals surface area contributed by atoms with Crippen LogP contribution in [0, 0.1) is 5.82 Å². The van der Waals surface area contributed by atoms with Gasteiger partial charge in [0.25, 0.3) is 11.9 Å². The lowest BCUT2D eigenvalue weighted by Gasteiger charge is -2.10. The molecule has 0 fully saturated rings. The molecule has 0 saturated heterocycles. The van der Waals surface area contributed by atoms with Crippen molar-refractivity contribution in [3.63, 3.8) is 0 Å². The van der Waals surface area contributed by atoms with E-state index in [4.69, 9.17) is 10.5 Å². The summed E-state index contributed by atoms with van der Waals surface area (Å²) in [6.45, 7) is 0. The Labute approximate surface area is 93.1 Å². The molecule has 0 radical (unpaired) electrons. The maximum absolute atomic E-state index is 13.0. The van der Waals surface area contributed by atoms with Gasteiger partial charge in [-0.05, 0) is 18.2 Å². The van der Waals surface area contributed by atoms with E-state index in [-0.39, 0.29) is 6.02 Å². The monoisotopic (exact) mass is 272 g/mol. The van der Waals surface area contributed by atoms with E-state index in [9.17, 15) is 9.18 Å². The van der Waals surface area contributed by atoms with Gasteiger partial charge in [0.05, 0.1) is 0 Å². The number of halogens is 2. The zero-order valence-electron chi connectivity index (χ0n) is 7.41. The number of aliphatic imine (C=N–C) groups is 1. The molecule has 0 aliphatic carbocycles. The maximum Gasteiger partial charge on any atom is 0.296 e. The smallest absolute Gasteiger partial charge is 0.296 e. The Morgan fingerprint density at radius 2 is 2.27 bits per heavy atom. The topological polar surface area (TPSA) is 64.7 Å². The Morgan fingerprint density at radius 3 is 2.87 bits per heavy atom. The number of amidine groups is 1.